The fourth-order valence-corrected chi connectivity index (χ4v) is 4.10. The lowest BCUT2D eigenvalue weighted by Crippen LogP contribution is -2.60. The van der Waals surface area contributed by atoms with Gasteiger partial charge in [-0.3, -0.25) is 9.69 Å². The molecule has 1 unspecified atom stereocenters. The number of carboxylic acid groups (broad SMARTS) is 1. The normalized spacial score (nSPS) is 15.5. The van der Waals surface area contributed by atoms with E-state index >= 15 is 0 Å². The van der Waals surface area contributed by atoms with Gasteiger partial charge in [0.05, 0.1) is 5.69 Å². The van der Waals surface area contributed by atoms with Gasteiger partial charge in [0.1, 0.15) is 11.9 Å². The average Bonchev–Trinajstić information content (AvgIpc) is 2.73. The first kappa shape index (κ1) is 22.6. The van der Waals surface area contributed by atoms with Crippen molar-refractivity contribution >= 4 is 17.7 Å². The zero-order valence-electron chi connectivity index (χ0n) is 18.3. The molecule has 166 valence electrons. The predicted octanol–water partition coefficient (Wildman–Crippen LogP) is 3.86. The van der Waals surface area contributed by atoms with Crippen LogP contribution in [0.4, 0.5) is 14.9 Å². The molecule has 0 radical (unpaired) electrons. The van der Waals surface area contributed by atoms with E-state index in [2.05, 4.69) is 0 Å². The lowest BCUT2D eigenvalue weighted by Gasteiger charge is -2.43. The maximum atomic E-state index is 14.1. The Labute approximate surface area is 182 Å². The third-order valence-electron chi connectivity index (χ3n) is 5.58. The van der Waals surface area contributed by atoms with Gasteiger partial charge in [0.15, 0.2) is 0 Å². The summed E-state index contributed by atoms with van der Waals surface area (Å²) in [5, 5.41) is 9.93. The Hall–Kier alpha value is -3.09. The van der Waals surface area contributed by atoms with E-state index in [1.54, 1.807) is 43.9 Å². The number of amides is 2. The van der Waals surface area contributed by atoms with Gasteiger partial charge in [-0.25, -0.2) is 9.18 Å². The van der Waals surface area contributed by atoms with Crippen molar-refractivity contribution in [1.29, 1.82) is 0 Å². The van der Waals surface area contributed by atoms with Crippen molar-refractivity contribution in [3.8, 4) is 0 Å². The summed E-state index contributed by atoms with van der Waals surface area (Å²) in [5.41, 5.74) is 0.689. The zero-order valence-corrected chi connectivity index (χ0v) is 18.3. The first-order valence-electron chi connectivity index (χ1n) is 10.5. The standard InChI is InChI=1S/C24H30FN3O3/c1-24(2,3)28(23(30)31)21(17-18-9-5-4-6-10-18)22(29)27-15-13-26(14-16-27)20-12-8-7-11-19(20)25/h4-12,21H,13-17H2,1-3H3,(H,30,31). The minimum absolute atomic E-state index is 0.214. The molecular formula is C24H30FN3O3. The van der Waals surface area contributed by atoms with Crippen molar-refractivity contribution in [3.63, 3.8) is 0 Å². The second-order valence-electron chi connectivity index (χ2n) is 8.79. The topological polar surface area (TPSA) is 64.1 Å². The summed E-state index contributed by atoms with van der Waals surface area (Å²) in [7, 11) is 0. The number of rotatable bonds is 5. The number of piperazine rings is 1. The van der Waals surface area contributed by atoms with E-state index in [1.165, 1.54) is 11.0 Å². The van der Waals surface area contributed by atoms with Crippen LogP contribution >= 0.6 is 0 Å². The molecule has 1 aliphatic heterocycles. The molecule has 1 N–H and O–H groups in total. The summed E-state index contributed by atoms with van der Waals surface area (Å²) < 4.78 is 14.1. The fraction of sp³-hybridized carbons (Fsp3) is 0.417. The van der Waals surface area contributed by atoms with Gasteiger partial charge in [-0.15, -0.1) is 0 Å². The molecule has 1 aliphatic rings. The van der Waals surface area contributed by atoms with Crippen LogP contribution in [0.2, 0.25) is 0 Å². The number of carbonyl (C=O) groups is 2. The summed E-state index contributed by atoms with van der Waals surface area (Å²) in [6.07, 6.45) is -0.816. The molecule has 0 aromatic heterocycles. The lowest BCUT2D eigenvalue weighted by molar-refractivity contribution is -0.138. The van der Waals surface area contributed by atoms with E-state index < -0.39 is 17.7 Å². The van der Waals surface area contributed by atoms with Crippen LogP contribution in [0.5, 0.6) is 0 Å². The van der Waals surface area contributed by atoms with Crippen LogP contribution in [0.25, 0.3) is 0 Å². The van der Waals surface area contributed by atoms with E-state index in [9.17, 15) is 19.1 Å². The molecule has 0 saturated carbocycles. The average molecular weight is 428 g/mol. The van der Waals surface area contributed by atoms with Gasteiger partial charge < -0.3 is 14.9 Å². The number of benzene rings is 2. The van der Waals surface area contributed by atoms with Crippen molar-refractivity contribution in [1.82, 2.24) is 9.80 Å². The largest absolute Gasteiger partial charge is 0.465 e. The predicted molar refractivity (Wildman–Crippen MR) is 119 cm³/mol. The molecule has 2 aromatic rings. The summed E-state index contributed by atoms with van der Waals surface area (Å²) in [4.78, 5) is 30.6. The molecule has 0 aliphatic carbocycles. The van der Waals surface area contributed by atoms with Gasteiger partial charge >= 0.3 is 6.09 Å². The molecular weight excluding hydrogens is 397 g/mol. The van der Waals surface area contributed by atoms with Gasteiger partial charge in [-0.1, -0.05) is 42.5 Å². The van der Waals surface area contributed by atoms with E-state index in [1.807, 2.05) is 35.2 Å². The van der Waals surface area contributed by atoms with Crippen molar-refractivity contribution in [2.24, 2.45) is 0 Å². The molecule has 2 aromatic carbocycles. The molecule has 1 fully saturated rings. The van der Waals surface area contributed by atoms with Gasteiger partial charge in [0.25, 0.3) is 0 Å². The summed E-state index contributed by atoms with van der Waals surface area (Å²) >= 11 is 0. The van der Waals surface area contributed by atoms with Gasteiger partial charge in [-0.05, 0) is 38.5 Å². The Morgan fingerprint density at radius 3 is 2.13 bits per heavy atom. The Morgan fingerprint density at radius 1 is 1.00 bits per heavy atom. The van der Waals surface area contributed by atoms with Crippen LogP contribution < -0.4 is 4.90 Å². The molecule has 1 atom stereocenters. The third kappa shape index (κ3) is 5.34. The second-order valence-corrected chi connectivity index (χ2v) is 8.79. The lowest BCUT2D eigenvalue weighted by atomic mass is 9.97. The molecule has 2 amide bonds. The number of hydrogen-bond donors (Lipinski definition) is 1. The van der Waals surface area contributed by atoms with Crippen LogP contribution in [0.15, 0.2) is 54.6 Å². The fourth-order valence-electron chi connectivity index (χ4n) is 4.10. The molecule has 7 heteroatoms. The molecule has 6 nitrogen and oxygen atoms in total. The minimum atomic E-state index is -1.12. The molecule has 0 bridgehead atoms. The van der Waals surface area contributed by atoms with Crippen molar-refractivity contribution in [2.45, 2.75) is 38.8 Å². The van der Waals surface area contributed by atoms with Gasteiger partial charge in [-0.2, -0.15) is 0 Å². The van der Waals surface area contributed by atoms with E-state index in [-0.39, 0.29) is 11.7 Å². The Morgan fingerprint density at radius 2 is 1.58 bits per heavy atom. The highest BCUT2D eigenvalue weighted by Crippen LogP contribution is 2.24. The van der Waals surface area contributed by atoms with E-state index in [4.69, 9.17) is 0 Å². The maximum Gasteiger partial charge on any atom is 0.408 e. The number of carbonyl (C=O) groups excluding carboxylic acids is 1. The maximum absolute atomic E-state index is 14.1. The number of para-hydroxylation sites is 1. The number of nitrogens with zero attached hydrogens (tertiary/aromatic N) is 3. The summed E-state index contributed by atoms with van der Waals surface area (Å²) in [6, 6.07) is 15.2. The number of hydrogen-bond acceptors (Lipinski definition) is 3. The Balaban J connectivity index is 1.80. The number of halogens is 1. The van der Waals surface area contributed by atoms with Crippen LogP contribution in [0, 0.1) is 5.82 Å². The van der Waals surface area contributed by atoms with Crippen LogP contribution in [0.3, 0.4) is 0 Å². The minimum Gasteiger partial charge on any atom is -0.465 e. The summed E-state index contributed by atoms with van der Waals surface area (Å²) in [6.45, 7) is 7.19. The van der Waals surface area contributed by atoms with Crippen LogP contribution in [-0.4, -0.2) is 64.7 Å². The number of anilines is 1. The van der Waals surface area contributed by atoms with Gasteiger partial charge in [0, 0.05) is 38.1 Å². The first-order valence-corrected chi connectivity index (χ1v) is 10.5. The monoisotopic (exact) mass is 427 g/mol. The second kappa shape index (κ2) is 9.37. The third-order valence-corrected chi connectivity index (χ3v) is 5.58. The zero-order chi connectivity index (χ0) is 22.6. The highest BCUT2D eigenvalue weighted by molar-refractivity contribution is 5.86. The Bertz CT molecular complexity index is 906. The molecule has 0 spiro atoms. The molecule has 1 saturated heterocycles. The van der Waals surface area contributed by atoms with Crippen LogP contribution in [-0.2, 0) is 11.2 Å². The van der Waals surface area contributed by atoms with Crippen molar-refractivity contribution in [3.05, 3.63) is 66.0 Å². The van der Waals surface area contributed by atoms with Crippen molar-refractivity contribution < 1.29 is 19.1 Å². The van der Waals surface area contributed by atoms with Gasteiger partial charge in [0.2, 0.25) is 5.91 Å². The first-order chi connectivity index (χ1) is 14.7. The van der Waals surface area contributed by atoms with Crippen molar-refractivity contribution in [2.75, 3.05) is 31.1 Å². The molecule has 31 heavy (non-hydrogen) atoms. The highest BCUT2D eigenvalue weighted by atomic mass is 19.1. The van der Waals surface area contributed by atoms with E-state index in [0.29, 0.717) is 38.3 Å². The van der Waals surface area contributed by atoms with E-state index in [0.717, 1.165) is 5.56 Å². The Kier molecular flexibility index (Phi) is 6.83. The van der Waals surface area contributed by atoms with Crippen LogP contribution in [0.1, 0.15) is 26.3 Å². The smallest absolute Gasteiger partial charge is 0.408 e. The molecule has 1 heterocycles. The SMILES string of the molecule is CC(C)(C)N(C(=O)O)C(Cc1ccccc1)C(=O)N1CCN(c2ccccc2F)CC1. The summed E-state index contributed by atoms with van der Waals surface area (Å²) in [5.74, 6) is -0.497. The quantitative estimate of drug-likeness (QED) is 0.787. The highest BCUT2D eigenvalue weighted by Gasteiger charge is 2.40. The molecule has 3 rings (SSSR count).